The molecule has 1 aromatic heterocycles. The van der Waals surface area contributed by atoms with E-state index in [0.29, 0.717) is 6.54 Å². The second-order valence-corrected chi connectivity index (χ2v) is 7.30. The van der Waals surface area contributed by atoms with E-state index in [9.17, 15) is 0 Å². The van der Waals surface area contributed by atoms with E-state index in [4.69, 9.17) is 21.4 Å². The lowest BCUT2D eigenvalue weighted by molar-refractivity contribution is 0.217. The summed E-state index contributed by atoms with van der Waals surface area (Å²) in [6.45, 7) is 5.16. The van der Waals surface area contributed by atoms with Crippen molar-refractivity contribution in [1.29, 1.82) is 0 Å². The number of methoxy groups -OCH3 is 1. The van der Waals surface area contributed by atoms with Gasteiger partial charge in [0.2, 0.25) is 0 Å². The van der Waals surface area contributed by atoms with E-state index >= 15 is 0 Å². The fourth-order valence-electron chi connectivity index (χ4n) is 3.39. The molecule has 1 N–H and O–H groups in total. The van der Waals surface area contributed by atoms with Gasteiger partial charge in [0, 0.05) is 12.2 Å². The molecule has 1 fully saturated rings. The van der Waals surface area contributed by atoms with Crippen molar-refractivity contribution < 1.29 is 9.15 Å². The van der Waals surface area contributed by atoms with Crippen LogP contribution in [0.2, 0.25) is 0 Å². The van der Waals surface area contributed by atoms with E-state index in [1.54, 1.807) is 13.4 Å². The Balaban J connectivity index is 1.56. The first-order valence-corrected chi connectivity index (χ1v) is 10.1. The molecule has 146 valence electrons. The predicted molar refractivity (Wildman–Crippen MR) is 113 cm³/mol. The Morgan fingerprint density at radius 2 is 1.96 bits per heavy atom. The van der Waals surface area contributed by atoms with Gasteiger partial charge >= 0.3 is 0 Å². The van der Waals surface area contributed by atoms with Gasteiger partial charge in [-0.1, -0.05) is 6.42 Å². The average molecular weight is 388 g/mol. The summed E-state index contributed by atoms with van der Waals surface area (Å²) in [5, 5.41) is 4.06. The van der Waals surface area contributed by atoms with Gasteiger partial charge in [-0.2, -0.15) is 0 Å². The van der Waals surface area contributed by atoms with Crippen LogP contribution in [0, 0.1) is 0 Å². The van der Waals surface area contributed by atoms with Crippen molar-refractivity contribution in [3.63, 3.8) is 0 Å². The number of benzene rings is 1. The van der Waals surface area contributed by atoms with E-state index in [-0.39, 0.29) is 0 Å². The molecule has 0 atom stereocenters. The molecule has 0 saturated carbocycles. The highest BCUT2D eigenvalue weighted by atomic mass is 32.1. The molecular weight excluding hydrogens is 358 g/mol. The van der Waals surface area contributed by atoms with Crippen molar-refractivity contribution in [2.45, 2.75) is 32.2 Å². The van der Waals surface area contributed by atoms with Crippen molar-refractivity contribution in [1.82, 2.24) is 9.80 Å². The molecule has 0 aliphatic carbocycles. The van der Waals surface area contributed by atoms with Crippen LogP contribution in [0.5, 0.6) is 5.75 Å². The molecule has 2 aromatic rings. The van der Waals surface area contributed by atoms with E-state index in [1.807, 2.05) is 36.4 Å². The standard InChI is InChI=1S/C21H29N3O2S/c1-25-19-10-8-18(9-11-19)22-21(27)24(17-20-7-5-16-26-20)15-6-14-23-12-3-2-4-13-23/h5,7-11,16H,2-4,6,12-15,17H2,1H3,(H,22,27). The Morgan fingerprint density at radius 1 is 1.19 bits per heavy atom. The summed E-state index contributed by atoms with van der Waals surface area (Å²) in [6.07, 6.45) is 6.82. The molecule has 0 amide bonds. The molecule has 1 aliphatic heterocycles. The largest absolute Gasteiger partial charge is 0.497 e. The third-order valence-electron chi connectivity index (χ3n) is 4.91. The summed E-state index contributed by atoms with van der Waals surface area (Å²) in [4.78, 5) is 4.75. The zero-order chi connectivity index (χ0) is 18.9. The molecule has 0 bridgehead atoms. The van der Waals surface area contributed by atoms with E-state index in [1.165, 1.54) is 32.4 Å². The maximum atomic E-state index is 5.69. The normalized spacial score (nSPS) is 14.7. The fourth-order valence-corrected chi connectivity index (χ4v) is 3.66. The zero-order valence-corrected chi connectivity index (χ0v) is 16.8. The second kappa shape index (κ2) is 10.3. The van der Waals surface area contributed by atoms with Crippen molar-refractivity contribution in [3.8, 4) is 5.75 Å². The van der Waals surface area contributed by atoms with Gasteiger partial charge in [-0.15, -0.1) is 0 Å². The molecular formula is C21H29N3O2S. The summed E-state index contributed by atoms with van der Waals surface area (Å²) >= 11 is 5.69. The van der Waals surface area contributed by atoms with Gasteiger partial charge in [0.25, 0.3) is 0 Å². The van der Waals surface area contributed by atoms with Crippen LogP contribution in [-0.4, -0.2) is 48.2 Å². The number of furan rings is 1. The molecule has 1 aromatic carbocycles. The zero-order valence-electron chi connectivity index (χ0n) is 16.0. The van der Waals surface area contributed by atoms with Crippen LogP contribution in [-0.2, 0) is 6.54 Å². The van der Waals surface area contributed by atoms with Gasteiger partial charge in [0.1, 0.15) is 11.5 Å². The number of nitrogens with zero attached hydrogens (tertiary/aromatic N) is 2. The molecule has 3 rings (SSSR count). The number of ether oxygens (including phenoxy) is 1. The third kappa shape index (κ3) is 6.26. The fraction of sp³-hybridized carbons (Fsp3) is 0.476. The highest BCUT2D eigenvalue weighted by molar-refractivity contribution is 7.80. The van der Waals surface area contributed by atoms with E-state index in [0.717, 1.165) is 41.8 Å². The summed E-state index contributed by atoms with van der Waals surface area (Å²) in [5.41, 5.74) is 0.960. The van der Waals surface area contributed by atoms with Gasteiger partial charge in [-0.3, -0.25) is 0 Å². The molecule has 0 spiro atoms. The minimum atomic E-state index is 0.676. The minimum absolute atomic E-state index is 0.676. The second-order valence-electron chi connectivity index (χ2n) is 6.92. The maximum Gasteiger partial charge on any atom is 0.173 e. The molecule has 0 unspecified atom stereocenters. The Labute approximate surface area is 167 Å². The number of thiocarbonyl (C=S) groups is 1. The molecule has 1 aliphatic rings. The average Bonchev–Trinajstić information content (AvgIpc) is 3.22. The van der Waals surface area contributed by atoms with Crippen LogP contribution in [0.3, 0.4) is 0 Å². The highest BCUT2D eigenvalue weighted by Gasteiger charge is 2.14. The third-order valence-corrected chi connectivity index (χ3v) is 5.27. The quantitative estimate of drug-likeness (QED) is 0.679. The molecule has 2 heterocycles. The topological polar surface area (TPSA) is 40.9 Å². The van der Waals surface area contributed by atoms with E-state index in [2.05, 4.69) is 15.1 Å². The van der Waals surface area contributed by atoms with Crippen LogP contribution in [0.1, 0.15) is 31.4 Å². The van der Waals surface area contributed by atoms with Gasteiger partial charge in [-0.25, -0.2) is 0 Å². The van der Waals surface area contributed by atoms with E-state index < -0.39 is 0 Å². The smallest absolute Gasteiger partial charge is 0.173 e. The Morgan fingerprint density at radius 3 is 2.63 bits per heavy atom. The van der Waals surface area contributed by atoms with Crippen LogP contribution in [0.4, 0.5) is 5.69 Å². The number of anilines is 1. The van der Waals surface area contributed by atoms with Gasteiger partial charge in [0.05, 0.1) is 19.9 Å². The van der Waals surface area contributed by atoms with Crippen molar-refractivity contribution in [3.05, 3.63) is 48.4 Å². The lowest BCUT2D eigenvalue weighted by Gasteiger charge is -2.29. The SMILES string of the molecule is COc1ccc(NC(=S)N(CCCN2CCCCC2)Cc2ccco2)cc1. The first kappa shape index (κ1) is 19.7. The number of hydrogen-bond donors (Lipinski definition) is 1. The van der Waals surface area contributed by atoms with Gasteiger partial charge in [-0.05, 0) is 87.5 Å². The van der Waals surface area contributed by atoms with Gasteiger partial charge in [0.15, 0.2) is 5.11 Å². The lowest BCUT2D eigenvalue weighted by atomic mass is 10.1. The van der Waals surface area contributed by atoms with Crippen LogP contribution >= 0.6 is 12.2 Å². The summed E-state index contributed by atoms with van der Waals surface area (Å²) < 4.78 is 10.7. The molecule has 0 radical (unpaired) electrons. The monoisotopic (exact) mass is 387 g/mol. The predicted octanol–water partition coefficient (Wildman–Crippen LogP) is 4.36. The minimum Gasteiger partial charge on any atom is -0.497 e. The lowest BCUT2D eigenvalue weighted by Crippen LogP contribution is -2.37. The molecule has 27 heavy (non-hydrogen) atoms. The first-order chi connectivity index (χ1) is 13.2. The maximum absolute atomic E-state index is 5.69. The first-order valence-electron chi connectivity index (χ1n) is 9.69. The Kier molecular flexibility index (Phi) is 7.54. The Hall–Kier alpha value is -2.05. The van der Waals surface area contributed by atoms with Crippen molar-refractivity contribution in [2.75, 3.05) is 38.6 Å². The van der Waals surface area contributed by atoms with Crippen molar-refractivity contribution in [2.24, 2.45) is 0 Å². The number of rotatable bonds is 8. The van der Waals surface area contributed by atoms with Crippen LogP contribution in [0.15, 0.2) is 47.1 Å². The number of likely N-dealkylation sites (tertiary alicyclic amines) is 1. The summed E-state index contributed by atoms with van der Waals surface area (Å²) in [6, 6.07) is 11.7. The summed E-state index contributed by atoms with van der Waals surface area (Å²) in [7, 11) is 1.67. The van der Waals surface area contributed by atoms with Gasteiger partial charge < -0.3 is 24.3 Å². The Bertz CT molecular complexity index is 682. The molecule has 5 nitrogen and oxygen atoms in total. The number of hydrogen-bond acceptors (Lipinski definition) is 4. The van der Waals surface area contributed by atoms with Crippen LogP contribution in [0.25, 0.3) is 0 Å². The summed E-state index contributed by atoms with van der Waals surface area (Å²) in [5.74, 6) is 1.76. The number of nitrogens with one attached hydrogen (secondary N) is 1. The van der Waals surface area contributed by atoms with Crippen LogP contribution < -0.4 is 10.1 Å². The van der Waals surface area contributed by atoms with Crippen molar-refractivity contribution >= 4 is 23.0 Å². The molecule has 6 heteroatoms. The molecule has 1 saturated heterocycles. The highest BCUT2D eigenvalue weighted by Crippen LogP contribution is 2.17. The number of piperidine rings is 1.